The minimum absolute atomic E-state index is 0.0864. The van der Waals surface area contributed by atoms with Crippen molar-refractivity contribution in [2.75, 3.05) is 4.90 Å². The van der Waals surface area contributed by atoms with Crippen molar-refractivity contribution in [3.05, 3.63) is 175 Å². The van der Waals surface area contributed by atoms with Crippen molar-refractivity contribution in [3.8, 4) is 22.3 Å². The number of fused-ring (bicyclic) bond motifs is 9. The number of benzene rings is 8. The summed E-state index contributed by atoms with van der Waals surface area (Å²) >= 11 is 0. The van der Waals surface area contributed by atoms with Crippen LogP contribution in [0, 0.1) is 0 Å². The van der Waals surface area contributed by atoms with E-state index in [1.165, 1.54) is 54.9 Å². The molecule has 0 bridgehead atoms. The fourth-order valence-corrected chi connectivity index (χ4v) is 8.34. The molecule has 9 aromatic rings. The molecule has 0 spiro atoms. The molecule has 0 unspecified atom stereocenters. The standard InChI is InChI=1S/C47H33NO/c1-47(2)41-20-10-8-18-39(41)44-40(29-32-13-6-7-16-36(32)45(44)47)33-24-23-31-28-35(26-25-30(31)27-33)48(34-14-4-3-5-15-34)42-21-12-19-38-37-17-9-11-22-43(37)49-46(38)42/h3-29H,1-2H3. The molecule has 2 heteroatoms. The molecule has 1 aliphatic carbocycles. The molecule has 0 atom stereocenters. The summed E-state index contributed by atoms with van der Waals surface area (Å²) < 4.78 is 6.52. The van der Waals surface area contributed by atoms with Crippen LogP contribution in [0.25, 0.3) is 65.7 Å². The molecule has 0 N–H and O–H groups in total. The van der Waals surface area contributed by atoms with E-state index in [1.54, 1.807) is 0 Å². The predicted molar refractivity (Wildman–Crippen MR) is 206 cm³/mol. The molecular weight excluding hydrogens is 595 g/mol. The van der Waals surface area contributed by atoms with Crippen LogP contribution in [0.4, 0.5) is 17.1 Å². The molecule has 232 valence electrons. The average Bonchev–Trinajstić information content (AvgIpc) is 3.65. The van der Waals surface area contributed by atoms with Crippen molar-refractivity contribution < 1.29 is 4.42 Å². The zero-order valence-electron chi connectivity index (χ0n) is 27.4. The maximum Gasteiger partial charge on any atom is 0.159 e. The Balaban J connectivity index is 1.15. The lowest BCUT2D eigenvalue weighted by Gasteiger charge is -2.26. The minimum Gasteiger partial charge on any atom is -0.454 e. The highest BCUT2D eigenvalue weighted by Crippen LogP contribution is 2.55. The van der Waals surface area contributed by atoms with Crippen LogP contribution in [0.2, 0.25) is 0 Å². The highest BCUT2D eigenvalue weighted by molar-refractivity contribution is 6.11. The van der Waals surface area contributed by atoms with Crippen LogP contribution < -0.4 is 4.90 Å². The lowest BCUT2D eigenvalue weighted by molar-refractivity contribution is 0.666. The molecule has 2 nitrogen and oxygen atoms in total. The molecule has 1 heterocycles. The summed E-state index contributed by atoms with van der Waals surface area (Å²) in [5, 5.41) is 7.27. The number of anilines is 3. The molecule has 0 radical (unpaired) electrons. The zero-order valence-corrected chi connectivity index (χ0v) is 27.4. The fourth-order valence-electron chi connectivity index (χ4n) is 8.34. The van der Waals surface area contributed by atoms with Gasteiger partial charge in [-0.25, -0.2) is 0 Å². The summed E-state index contributed by atoms with van der Waals surface area (Å²) in [5.74, 6) is 0. The summed E-state index contributed by atoms with van der Waals surface area (Å²) in [4.78, 5) is 2.31. The monoisotopic (exact) mass is 627 g/mol. The number of rotatable bonds is 4. The molecule has 0 aliphatic heterocycles. The summed E-state index contributed by atoms with van der Waals surface area (Å²) in [6, 6.07) is 59.3. The first kappa shape index (κ1) is 27.9. The van der Waals surface area contributed by atoms with Crippen molar-refractivity contribution in [1.29, 1.82) is 0 Å². The molecule has 1 aromatic heterocycles. The molecular formula is C47H33NO. The molecule has 1 aliphatic rings. The van der Waals surface area contributed by atoms with Gasteiger partial charge in [0.05, 0.1) is 5.69 Å². The summed E-state index contributed by atoms with van der Waals surface area (Å²) in [6.45, 7) is 4.75. The maximum absolute atomic E-state index is 6.52. The van der Waals surface area contributed by atoms with Crippen molar-refractivity contribution in [2.45, 2.75) is 19.3 Å². The summed E-state index contributed by atoms with van der Waals surface area (Å²) in [6.07, 6.45) is 0. The van der Waals surface area contributed by atoms with Crippen molar-refractivity contribution in [1.82, 2.24) is 0 Å². The first-order valence-electron chi connectivity index (χ1n) is 17.0. The van der Waals surface area contributed by atoms with E-state index < -0.39 is 0 Å². The minimum atomic E-state index is -0.0864. The van der Waals surface area contributed by atoms with Crippen LogP contribution >= 0.6 is 0 Å². The molecule has 10 rings (SSSR count). The average molecular weight is 628 g/mol. The molecule has 0 saturated heterocycles. The molecule has 49 heavy (non-hydrogen) atoms. The maximum atomic E-state index is 6.52. The first-order chi connectivity index (χ1) is 24.1. The van der Waals surface area contributed by atoms with Gasteiger partial charge in [0.25, 0.3) is 0 Å². The third-order valence-corrected chi connectivity index (χ3v) is 10.6. The van der Waals surface area contributed by atoms with E-state index in [2.05, 4.69) is 170 Å². The van der Waals surface area contributed by atoms with E-state index in [4.69, 9.17) is 4.42 Å². The SMILES string of the molecule is CC1(C)c2ccccc2-c2c(-c3ccc4cc(N(c5ccccc5)c5cccc6c5oc5ccccc56)ccc4c3)cc3ccccc3c21. The Hall–Kier alpha value is -6.12. The number of para-hydroxylation sites is 3. The van der Waals surface area contributed by atoms with Crippen molar-refractivity contribution in [3.63, 3.8) is 0 Å². The van der Waals surface area contributed by atoms with E-state index in [0.29, 0.717) is 0 Å². The van der Waals surface area contributed by atoms with Crippen LogP contribution in [-0.4, -0.2) is 0 Å². The second-order valence-corrected chi connectivity index (χ2v) is 13.7. The van der Waals surface area contributed by atoms with Gasteiger partial charge in [-0.3, -0.25) is 0 Å². The quantitative estimate of drug-likeness (QED) is 0.193. The van der Waals surface area contributed by atoms with Gasteiger partial charge in [-0.1, -0.05) is 129 Å². The van der Waals surface area contributed by atoms with Gasteiger partial charge in [0.15, 0.2) is 5.58 Å². The Bertz CT molecular complexity index is 2750. The normalized spacial score (nSPS) is 13.3. The Morgan fingerprint density at radius 1 is 0.490 bits per heavy atom. The number of furan rings is 1. The lowest BCUT2D eigenvalue weighted by atomic mass is 9.79. The van der Waals surface area contributed by atoms with Crippen molar-refractivity contribution in [2.24, 2.45) is 0 Å². The van der Waals surface area contributed by atoms with Crippen molar-refractivity contribution >= 4 is 60.5 Å². The van der Waals surface area contributed by atoms with Gasteiger partial charge in [-0.05, 0) is 103 Å². The number of nitrogens with zero attached hydrogens (tertiary/aromatic N) is 1. The van der Waals surface area contributed by atoms with Gasteiger partial charge in [-0.2, -0.15) is 0 Å². The Morgan fingerprint density at radius 2 is 1.20 bits per heavy atom. The Morgan fingerprint density at radius 3 is 2.10 bits per heavy atom. The van der Waals surface area contributed by atoms with E-state index in [-0.39, 0.29) is 5.41 Å². The van der Waals surface area contributed by atoms with Gasteiger partial charge in [0.2, 0.25) is 0 Å². The molecule has 0 fully saturated rings. The number of hydrogen-bond donors (Lipinski definition) is 0. The van der Waals surface area contributed by atoms with Crippen LogP contribution in [0.1, 0.15) is 25.0 Å². The first-order valence-corrected chi connectivity index (χ1v) is 17.0. The second kappa shape index (κ2) is 10.4. The number of hydrogen-bond acceptors (Lipinski definition) is 2. The smallest absolute Gasteiger partial charge is 0.159 e. The Kier molecular flexibility index (Phi) is 5.95. The second-order valence-electron chi connectivity index (χ2n) is 13.7. The molecule has 8 aromatic carbocycles. The predicted octanol–water partition coefficient (Wildman–Crippen LogP) is 13.3. The van der Waals surface area contributed by atoms with Gasteiger partial charge >= 0.3 is 0 Å². The van der Waals surface area contributed by atoms with E-state index in [9.17, 15) is 0 Å². The van der Waals surface area contributed by atoms with Gasteiger partial charge in [0.1, 0.15) is 5.58 Å². The summed E-state index contributed by atoms with van der Waals surface area (Å²) in [7, 11) is 0. The van der Waals surface area contributed by atoms with Crippen LogP contribution in [0.3, 0.4) is 0 Å². The van der Waals surface area contributed by atoms with Crippen LogP contribution in [0.5, 0.6) is 0 Å². The third kappa shape index (κ3) is 4.14. The topological polar surface area (TPSA) is 16.4 Å². The van der Waals surface area contributed by atoms with Crippen LogP contribution in [-0.2, 0) is 5.41 Å². The third-order valence-electron chi connectivity index (χ3n) is 10.6. The highest BCUT2D eigenvalue weighted by atomic mass is 16.3. The molecule has 0 saturated carbocycles. The van der Waals surface area contributed by atoms with E-state index in [1.807, 2.05) is 12.1 Å². The highest BCUT2D eigenvalue weighted by Gasteiger charge is 2.38. The van der Waals surface area contributed by atoms with E-state index >= 15 is 0 Å². The van der Waals surface area contributed by atoms with Crippen LogP contribution in [0.15, 0.2) is 168 Å². The fraction of sp³-hybridized carbons (Fsp3) is 0.0638. The summed E-state index contributed by atoms with van der Waals surface area (Å²) in [5.41, 5.74) is 12.9. The Labute approximate surface area is 285 Å². The lowest BCUT2D eigenvalue weighted by Crippen LogP contribution is -2.15. The van der Waals surface area contributed by atoms with Gasteiger partial charge in [0, 0.05) is 27.6 Å². The molecule has 0 amide bonds. The van der Waals surface area contributed by atoms with E-state index in [0.717, 1.165) is 39.0 Å². The zero-order chi connectivity index (χ0) is 32.7. The van der Waals surface area contributed by atoms with Gasteiger partial charge in [-0.15, -0.1) is 0 Å². The largest absolute Gasteiger partial charge is 0.454 e. The van der Waals surface area contributed by atoms with Gasteiger partial charge < -0.3 is 9.32 Å².